The van der Waals surface area contributed by atoms with Crippen LogP contribution in [0.4, 0.5) is 0 Å². The lowest BCUT2D eigenvalue weighted by Crippen LogP contribution is -2.49. The van der Waals surface area contributed by atoms with Crippen LogP contribution in [0.2, 0.25) is 5.22 Å². The molecular formula is C14H23ClN2O4S. The van der Waals surface area contributed by atoms with Crippen LogP contribution in [0, 0.1) is 0 Å². The van der Waals surface area contributed by atoms with Gasteiger partial charge in [0, 0.05) is 26.2 Å². The van der Waals surface area contributed by atoms with Gasteiger partial charge in [-0.25, -0.2) is 8.42 Å². The van der Waals surface area contributed by atoms with E-state index in [0.29, 0.717) is 37.9 Å². The fraction of sp³-hybridized carbons (Fsp3) is 0.714. The Hall–Kier alpha value is -0.600. The predicted octanol–water partition coefficient (Wildman–Crippen LogP) is 1.81. The molecule has 22 heavy (non-hydrogen) atoms. The molecule has 0 N–H and O–H groups in total. The van der Waals surface area contributed by atoms with Gasteiger partial charge in [-0.15, -0.1) is 0 Å². The van der Waals surface area contributed by atoms with E-state index in [1.807, 2.05) is 19.9 Å². The molecule has 0 radical (unpaired) electrons. The lowest BCUT2D eigenvalue weighted by Gasteiger charge is -2.33. The van der Waals surface area contributed by atoms with E-state index >= 15 is 0 Å². The van der Waals surface area contributed by atoms with Gasteiger partial charge in [-0.2, -0.15) is 4.31 Å². The number of hydrogen-bond acceptors (Lipinski definition) is 5. The molecule has 1 aliphatic heterocycles. The minimum Gasteiger partial charge on any atom is -0.448 e. The number of sulfonamides is 1. The first-order chi connectivity index (χ1) is 10.4. The van der Waals surface area contributed by atoms with E-state index in [2.05, 4.69) is 4.90 Å². The van der Waals surface area contributed by atoms with Gasteiger partial charge in [-0.05, 0) is 37.6 Å². The van der Waals surface area contributed by atoms with Crippen molar-refractivity contribution in [2.45, 2.75) is 26.5 Å². The average molecular weight is 351 g/mol. The molecule has 1 aliphatic rings. The second-order valence-electron chi connectivity index (χ2n) is 5.62. The summed E-state index contributed by atoms with van der Waals surface area (Å²) in [6, 6.07) is 3.56. The van der Waals surface area contributed by atoms with E-state index in [9.17, 15) is 8.42 Å². The largest absolute Gasteiger partial charge is 0.448 e. The molecule has 0 amide bonds. The first-order valence-electron chi connectivity index (χ1n) is 7.43. The average Bonchev–Trinajstić information content (AvgIpc) is 2.84. The van der Waals surface area contributed by atoms with Crippen molar-refractivity contribution in [3.05, 3.63) is 23.1 Å². The molecule has 6 nitrogen and oxygen atoms in total. The summed E-state index contributed by atoms with van der Waals surface area (Å²) >= 11 is 5.75. The van der Waals surface area contributed by atoms with Gasteiger partial charge in [-0.3, -0.25) is 4.90 Å². The standard InChI is InChI=1S/C14H23ClN2O4S/c1-12(2)20-9-10-22(18,19)17-7-5-16(6-8-17)11-13-3-4-14(15)21-13/h3-4,12H,5-11H2,1-2H3. The second kappa shape index (κ2) is 7.79. The molecule has 0 aromatic carbocycles. The highest BCUT2D eigenvalue weighted by atomic mass is 35.5. The molecule has 2 rings (SSSR count). The molecule has 0 saturated carbocycles. The summed E-state index contributed by atoms with van der Waals surface area (Å²) in [5.74, 6) is 0.838. The van der Waals surface area contributed by atoms with E-state index in [-0.39, 0.29) is 18.5 Å². The van der Waals surface area contributed by atoms with E-state index < -0.39 is 10.0 Å². The monoisotopic (exact) mass is 350 g/mol. The van der Waals surface area contributed by atoms with Crippen LogP contribution in [0.15, 0.2) is 16.5 Å². The maximum atomic E-state index is 12.2. The van der Waals surface area contributed by atoms with Crippen molar-refractivity contribution in [3.8, 4) is 0 Å². The summed E-state index contributed by atoms with van der Waals surface area (Å²) in [5.41, 5.74) is 0. The topological polar surface area (TPSA) is 63.0 Å². The van der Waals surface area contributed by atoms with E-state index in [1.54, 1.807) is 10.4 Å². The van der Waals surface area contributed by atoms with Gasteiger partial charge in [0.25, 0.3) is 0 Å². The van der Waals surface area contributed by atoms with E-state index in [1.165, 1.54) is 0 Å². The number of hydrogen-bond donors (Lipinski definition) is 0. The fourth-order valence-electron chi connectivity index (χ4n) is 2.34. The number of nitrogens with zero attached hydrogens (tertiary/aromatic N) is 2. The van der Waals surface area contributed by atoms with Crippen LogP contribution in [-0.2, 0) is 21.3 Å². The molecule has 0 atom stereocenters. The quantitative estimate of drug-likeness (QED) is 0.750. The Balaban J connectivity index is 1.78. The lowest BCUT2D eigenvalue weighted by molar-refractivity contribution is 0.0902. The van der Waals surface area contributed by atoms with Crippen LogP contribution in [0.1, 0.15) is 19.6 Å². The minimum atomic E-state index is -3.23. The van der Waals surface area contributed by atoms with Crippen molar-refractivity contribution in [1.29, 1.82) is 0 Å². The van der Waals surface area contributed by atoms with E-state index in [0.717, 1.165) is 5.76 Å². The zero-order valence-electron chi connectivity index (χ0n) is 13.0. The molecule has 1 aromatic heterocycles. The Morgan fingerprint density at radius 3 is 2.50 bits per heavy atom. The Labute approximate surface area is 137 Å². The SMILES string of the molecule is CC(C)OCCS(=O)(=O)N1CCN(Cc2ccc(Cl)o2)CC1. The molecule has 1 saturated heterocycles. The maximum absolute atomic E-state index is 12.2. The van der Waals surface area contributed by atoms with Crippen molar-refractivity contribution in [2.24, 2.45) is 0 Å². The summed E-state index contributed by atoms with van der Waals surface area (Å²) in [5, 5.41) is 0.376. The fourth-order valence-corrected chi connectivity index (χ4v) is 3.79. The molecule has 0 spiro atoms. The third-order valence-corrected chi connectivity index (χ3v) is 5.56. The molecule has 8 heteroatoms. The first kappa shape index (κ1) is 17.7. The van der Waals surface area contributed by atoms with Crippen LogP contribution < -0.4 is 0 Å². The summed E-state index contributed by atoms with van der Waals surface area (Å²) in [4.78, 5) is 2.16. The Kier molecular flexibility index (Phi) is 6.28. The number of halogens is 1. The molecule has 1 fully saturated rings. The summed E-state index contributed by atoms with van der Waals surface area (Å²) < 4.78 is 36.7. The van der Waals surface area contributed by atoms with Crippen molar-refractivity contribution in [2.75, 3.05) is 38.5 Å². The van der Waals surface area contributed by atoms with Gasteiger partial charge < -0.3 is 9.15 Å². The molecule has 0 unspecified atom stereocenters. The highest BCUT2D eigenvalue weighted by Gasteiger charge is 2.27. The van der Waals surface area contributed by atoms with Gasteiger partial charge >= 0.3 is 0 Å². The number of rotatable bonds is 7. The lowest BCUT2D eigenvalue weighted by atomic mass is 10.3. The Bertz CT molecular complexity index is 565. The molecule has 0 aliphatic carbocycles. The van der Waals surface area contributed by atoms with Gasteiger partial charge in [0.1, 0.15) is 5.76 Å². The zero-order chi connectivity index (χ0) is 16.2. The van der Waals surface area contributed by atoms with Crippen molar-refractivity contribution >= 4 is 21.6 Å². The molecule has 2 heterocycles. The van der Waals surface area contributed by atoms with Gasteiger partial charge in [0.05, 0.1) is 25.0 Å². The number of furan rings is 1. The molecule has 1 aromatic rings. The Morgan fingerprint density at radius 1 is 1.27 bits per heavy atom. The van der Waals surface area contributed by atoms with Gasteiger partial charge in [0.15, 0.2) is 5.22 Å². The summed E-state index contributed by atoms with van der Waals surface area (Å²) in [6.45, 7) is 7.04. The number of piperazine rings is 1. The normalized spacial score (nSPS) is 18.2. The van der Waals surface area contributed by atoms with Crippen molar-refractivity contribution in [1.82, 2.24) is 9.21 Å². The van der Waals surface area contributed by atoms with Gasteiger partial charge in [-0.1, -0.05) is 0 Å². The van der Waals surface area contributed by atoms with Gasteiger partial charge in [0.2, 0.25) is 10.0 Å². The highest BCUT2D eigenvalue weighted by molar-refractivity contribution is 7.89. The smallest absolute Gasteiger partial charge is 0.216 e. The molecule has 126 valence electrons. The summed E-state index contributed by atoms with van der Waals surface area (Å²) in [7, 11) is -3.23. The zero-order valence-corrected chi connectivity index (χ0v) is 14.6. The second-order valence-corrected chi connectivity index (χ2v) is 8.08. The number of ether oxygens (including phenoxy) is 1. The highest BCUT2D eigenvalue weighted by Crippen LogP contribution is 2.16. The van der Waals surface area contributed by atoms with Crippen LogP contribution in [-0.4, -0.2) is 62.3 Å². The first-order valence-corrected chi connectivity index (χ1v) is 9.41. The van der Waals surface area contributed by atoms with Crippen LogP contribution in [0.5, 0.6) is 0 Å². The van der Waals surface area contributed by atoms with Crippen LogP contribution in [0.25, 0.3) is 0 Å². The van der Waals surface area contributed by atoms with E-state index in [4.69, 9.17) is 20.8 Å². The molecular weight excluding hydrogens is 328 g/mol. The minimum absolute atomic E-state index is 0.0406. The maximum Gasteiger partial charge on any atom is 0.216 e. The third kappa shape index (κ3) is 5.24. The predicted molar refractivity (Wildman–Crippen MR) is 85.4 cm³/mol. The van der Waals surface area contributed by atoms with Crippen LogP contribution >= 0.6 is 11.6 Å². The Morgan fingerprint density at radius 2 is 1.95 bits per heavy atom. The van der Waals surface area contributed by atoms with Crippen molar-refractivity contribution < 1.29 is 17.6 Å². The summed E-state index contributed by atoms with van der Waals surface area (Å²) in [6.07, 6.45) is 0.0483. The van der Waals surface area contributed by atoms with Crippen LogP contribution in [0.3, 0.4) is 0 Å². The third-order valence-electron chi connectivity index (χ3n) is 3.53. The molecule has 0 bridgehead atoms. The van der Waals surface area contributed by atoms with Crippen molar-refractivity contribution in [3.63, 3.8) is 0 Å².